The number of nitrogens with one attached hydrogen (secondary N) is 1. The summed E-state index contributed by atoms with van der Waals surface area (Å²) in [4.78, 5) is 5.67. The maximum Gasteiger partial charge on any atom is 0.269 e. The second kappa shape index (κ2) is 4.85. The molecule has 0 aliphatic heterocycles. The van der Waals surface area contributed by atoms with Crippen LogP contribution in [-0.4, -0.2) is 18.6 Å². The minimum Gasteiger partial charge on any atom is -0.360 e. The molecule has 0 fully saturated rings. The van der Waals surface area contributed by atoms with Crippen molar-refractivity contribution >= 4 is 26.5 Å². The largest absolute Gasteiger partial charge is 0.360 e. The SMILES string of the molecule is Cc1noc(C)c1S(=O)(=O)Nc1nc2c(s1)CCCC2. The van der Waals surface area contributed by atoms with Crippen molar-refractivity contribution in [1.29, 1.82) is 0 Å². The summed E-state index contributed by atoms with van der Waals surface area (Å²) < 4.78 is 32.2. The van der Waals surface area contributed by atoms with Crippen molar-refractivity contribution in [3.63, 3.8) is 0 Å². The van der Waals surface area contributed by atoms with E-state index in [4.69, 9.17) is 4.52 Å². The second-order valence-electron chi connectivity index (χ2n) is 4.85. The summed E-state index contributed by atoms with van der Waals surface area (Å²) in [6.07, 6.45) is 4.18. The summed E-state index contributed by atoms with van der Waals surface area (Å²) in [6.45, 7) is 3.19. The lowest BCUT2D eigenvalue weighted by Crippen LogP contribution is -2.14. The number of hydrogen-bond donors (Lipinski definition) is 1. The van der Waals surface area contributed by atoms with Gasteiger partial charge in [0.05, 0.1) is 5.69 Å². The van der Waals surface area contributed by atoms with E-state index in [1.54, 1.807) is 13.8 Å². The first-order valence-electron chi connectivity index (χ1n) is 6.41. The first kappa shape index (κ1) is 13.6. The number of nitrogens with zero attached hydrogens (tertiary/aromatic N) is 2. The van der Waals surface area contributed by atoms with Gasteiger partial charge in [-0.2, -0.15) is 0 Å². The van der Waals surface area contributed by atoms with E-state index in [-0.39, 0.29) is 10.7 Å². The molecule has 20 heavy (non-hydrogen) atoms. The van der Waals surface area contributed by atoms with E-state index >= 15 is 0 Å². The van der Waals surface area contributed by atoms with Gasteiger partial charge in [0.25, 0.3) is 10.0 Å². The number of aromatic nitrogens is 2. The quantitative estimate of drug-likeness (QED) is 0.940. The van der Waals surface area contributed by atoms with E-state index in [1.165, 1.54) is 16.2 Å². The molecule has 2 aromatic heterocycles. The molecular weight excluding hydrogens is 298 g/mol. The maximum absolute atomic E-state index is 12.4. The summed E-state index contributed by atoms with van der Waals surface area (Å²) in [6, 6.07) is 0. The highest BCUT2D eigenvalue weighted by atomic mass is 32.2. The summed E-state index contributed by atoms with van der Waals surface area (Å²) >= 11 is 1.42. The number of sulfonamides is 1. The van der Waals surface area contributed by atoms with Crippen LogP contribution in [0.1, 0.15) is 34.9 Å². The van der Waals surface area contributed by atoms with Crippen molar-refractivity contribution in [1.82, 2.24) is 10.1 Å². The Morgan fingerprint density at radius 2 is 2.00 bits per heavy atom. The molecular formula is C12H15N3O3S2. The molecule has 108 valence electrons. The Kier molecular flexibility index (Phi) is 3.29. The van der Waals surface area contributed by atoms with E-state index in [9.17, 15) is 8.42 Å². The average molecular weight is 313 g/mol. The van der Waals surface area contributed by atoms with Gasteiger partial charge in [-0.25, -0.2) is 13.4 Å². The monoisotopic (exact) mass is 313 g/mol. The number of fused-ring (bicyclic) bond motifs is 1. The lowest BCUT2D eigenvalue weighted by molar-refractivity contribution is 0.390. The standard InChI is InChI=1S/C12H15N3O3S2/c1-7-11(8(2)18-14-7)20(16,17)15-12-13-9-5-3-4-6-10(9)19-12/h3-6H2,1-2H3,(H,13,15). The van der Waals surface area contributed by atoms with Crippen molar-refractivity contribution < 1.29 is 12.9 Å². The molecule has 0 bridgehead atoms. The number of aryl methyl sites for hydroxylation is 4. The van der Waals surface area contributed by atoms with Crippen LogP contribution in [0.2, 0.25) is 0 Å². The zero-order valence-electron chi connectivity index (χ0n) is 11.3. The molecule has 6 nitrogen and oxygen atoms in total. The molecule has 0 aromatic carbocycles. The van der Waals surface area contributed by atoms with Gasteiger partial charge in [-0.1, -0.05) is 5.16 Å². The molecule has 1 aliphatic rings. The number of thiazole rings is 1. The molecule has 1 aliphatic carbocycles. The fourth-order valence-electron chi connectivity index (χ4n) is 2.42. The molecule has 0 unspecified atom stereocenters. The highest BCUT2D eigenvalue weighted by Crippen LogP contribution is 2.31. The zero-order chi connectivity index (χ0) is 14.3. The van der Waals surface area contributed by atoms with Crippen LogP contribution in [0, 0.1) is 13.8 Å². The van der Waals surface area contributed by atoms with Gasteiger partial charge < -0.3 is 4.52 Å². The molecule has 3 rings (SSSR count). The normalized spacial score (nSPS) is 15.1. The predicted octanol–water partition coefficient (Wildman–Crippen LogP) is 2.43. The summed E-state index contributed by atoms with van der Waals surface area (Å²) in [5, 5.41) is 4.11. The molecule has 0 amide bonds. The topological polar surface area (TPSA) is 85.1 Å². The molecule has 2 aromatic rings. The minimum atomic E-state index is -3.69. The van der Waals surface area contributed by atoms with Crippen molar-refractivity contribution in [3.05, 3.63) is 22.0 Å². The van der Waals surface area contributed by atoms with Crippen LogP contribution in [-0.2, 0) is 22.9 Å². The Hall–Kier alpha value is -1.41. The van der Waals surface area contributed by atoms with Crippen LogP contribution in [0.15, 0.2) is 9.42 Å². The lowest BCUT2D eigenvalue weighted by atomic mass is 10.0. The Morgan fingerprint density at radius 1 is 1.25 bits per heavy atom. The molecule has 0 saturated carbocycles. The number of hydrogen-bond acceptors (Lipinski definition) is 6. The maximum atomic E-state index is 12.4. The van der Waals surface area contributed by atoms with Crippen molar-refractivity contribution in [2.75, 3.05) is 4.72 Å². The van der Waals surface area contributed by atoms with E-state index in [1.807, 2.05) is 0 Å². The number of anilines is 1. The van der Waals surface area contributed by atoms with Crippen molar-refractivity contribution in [3.8, 4) is 0 Å². The molecule has 0 saturated heterocycles. The average Bonchev–Trinajstić information content (AvgIpc) is 2.91. The lowest BCUT2D eigenvalue weighted by Gasteiger charge is -2.06. The summed E-state index contributed by atoms with van der Waals surface area (Å²) in [7, 11) is -3.69. The summed E-state index contributed by atoms with van der Waals surface area (Å²) in [5.74, 6) is 0.288. The third kappa shape index (κ3) is 2.33. The molecule has 2 heterocycles. The van der Waals surface area contributed by atoms with Crippen LogP contribution < -0.4 is 4.72 Å². The van der Waals surface area contributed by atoms with Gasteiger partial charge in [-0.3, -0.25) is 4.72 Å². The highest BCUT2D eigenvalue weighted by Gasteiger charge is 2.26. The van der Waals surface area contributed by atoms with E-state index in [0.29, 0.717) is 10.8 Å². The van der Waals surface area contributed by atoms with Gasteiger partial charge in [0.2, 0.25) is 0 Å². The minimum absolute atomic E-state index is 0.102. The van der Waals surface area contributed by atoms with Crippen LogP contribution in [0.25, 0.3) is 0 Å². The van der Waals surface area contributed by atoms with Crippen LogP contribution in [0.5, 0.6) is 0 Å². The molecule has 0 atom stereocenters. The Bertz CT molecular complexity index is 703. The van der Waals surface area contributed by atoms with Gasteiger partial charge in [-0.05, 0) is 39.5 Å². The Labute approximate surface area is 121 Å². The third-order valence-electron chi connectivity index (χ3n) is 3.30. The van der Waals surface area contributed by atoms with Crippen LogP contribution in [0.3, 0.4) is 0 Å². The van der Waals surface area contributed by atoms with Crippen molar-refractivity contribution in [2.45, 2.75) is 44.4 Å². The first-order chi connectivity index (χ1) is 9.47. The van der Waals surface area contributed by atoms with Gasteiger partial charge in [0, 0.05) is 4.88 Å². The van der Waals surface area contributed by atoms with E-state index in [2.05, 4.69) is 14.9 Å². The zero-order valence-corrected chi connectivity index (χ0v) is 12.9. The van der Waals surface area contributed by atoms with Gasteiger partial charge >= 0.3 is 0 Å². The van der Waals surface area contributed by atoms with Gasteiger partial charge in [-0.15, -0.1) is 11.3 Å². The van der Waals surface area contributed by atoms with E-state index in [0.717, 1.165) is 31.4 Å². The van der Waals surface area contributed by atoms with Crippen LogP contribution >= 0.6 is 11.3 Å². The van der Waals surface area contributed by atoms with E-state index < -0.39 is 10.0 Å². The fraction of sp³-hybridized carbons (Fsp3) is 0.500. The van der Waals surface area contributed by atoms with Crippen molar-refractivity contribution in [2.24, 2.45) is 0 Å². The molecule has 8 heteroatoms. The molecule has 1 N–H and O–H groups in total. The van der Waals surface area contributed by atoms with Gasteiger partial charge in [0.15, 0.2) is 15.8 Å². The highest BCUT2D eigenvalue weighted by molar-refractivity contribution is 7.93. The summed E-state index contributed by atoms with van der Waals surface area (Å²) in [5.41, 5.74) is 1.38. The molecule has 0 spiro atoms. The van der Waals surface area contributed by atoms with Gasteiger partial charge in [0.1, 0.15) is 5.69 Å². The number of rotatable bonds is 3. The predicted molar refractivity (Wildman–Crippen MR) is 75.5 cm³/mol. The third-order valence-corrected chi connectivity index (χ3v) is 6.09. The molecule has 0 radical (unpaired) electrons. The Morgan fingerprint density at radius 3 is 2.65 bits per heavy atom. The van der Waals surface area contributed by atoms with Crippen LogP contribution in [0.4, 0.5) is 5.13 Å². The first-order valence-corrected chi connectivity index (χ1v) is 8.71. The second-order valence-corrected chi connectivity index (χ2v) is 7.56. The Balaban J connectivity index is 1.92. The fourth-order valence-corrected chi connectivity index (χ4v) is 5.04. The smallest absolute Gasteiger partial charge is 0.269 e.